The van der Waals surface area contributed by atoms with Crippen molar-refractivity contribution in [3.05, 3.63) is 47.8 Å². The minimum atomic E-state index is -0.0104. The van der Waals surface area contributed by atoms with Crippen molar-refractivity contribution in [2.75, 3.05) is 6.54 Å². The molecule has 1 fully saturated rings. The normalized spacial score (nSPS) is 21.5. The molecule has 3 rings (SSSR count). The van der Waals surface area contributed by atoms with Gasteiger partial charge in [-0.15, -0.1) is 0 Å². The predicted molar refractivity (Wildman–Crippen MR) is 86.3 cm³/mol. The molecule has 22 heavy (non-hydrogen) atoms. The van der Waals surface area contributed by atoms with Crippen molar-refractivity contribution < 1.29 is 4.79 Å². The SMILES string of the molecule is Cc1cnn(-c2ccc(C(=O)NC3CCCNC3C)cc2)c1. The third-order valence-corrected chi connectivity index (χ3v) is 4.18. The zero-order valence-electron chi connectivity index (χ0n) is 13.0. The summed E-state index contributed by atoms with van der Waals surface area (Å²) in [5, 5.41) is 10.8. The lowest BCUT2D eigenvalue weighted by atomic mass is 9.99. The smallest absolute Gasteiger partial charge is 0.251 e. The zero-order valence-corrected chi connectivity index (χ0v) is 13.0. The van der Waals surface area contributed by atoms with Gasteiger partial charge in [-0.25, -0.2) is 4.68 Å². The summed E-state index contributed by atoms with van der Waals surface area (Å²) in [6.07, 6.45) is 5.92. The Morgan fingerprint density at radius 3 is 2.77 bits per heavy atom. The number of nitrogens with one attached hydrogen (secondary N) is 2. The Hall–Kier alpha value is -2.14. The van der Waals surface area contributed by atoms with Crippen molar-refractivity contribution in [3.8, 4) is 5.69 Å². The number of piperidine rings is 1. The second kappa shape index (κ2) is 6.32. The van der Waals surface area contributed by atoms with Gasteiger partial charge in [0.2, 0.25) is 0 Å². The minimum absolute atomic E-state index is 0.0104. The van der Waals surface area contributed by atoms with Crippen LogP contribution in [0.25, 0.3) is 5.69 Å². The Bertz CT molecular complexity index is 647. The number of rotatable bonds is 3. The van der Waals surface area contributed by atoms with E-state index in [-0.39, 0.29) is 11.9 Å². The third-order valence-electron chi connectivity index (χ3n) is 4.18. The van der Waals surface area contributed by atoms with Crippen LogP contribution in [0.2, 0.25) is 0 Å². The Kier molecular flexibility index (Phi) is 4.24. The minimum Gasteiger partial charge on any atom is -0.348 e. The molecule has 2 unspecified atom stereocenters. The lowest BCUT2D eigenvalue weighted by Gasteiger charge is -2.30. The zero-order chi connectivity index (χ0) is 15.5. The fourth-order valence-corrected chi connectivity index (χ4v) is 2.81. The Balaban J connectivity index is 1.68. The maximum Gasteiger partial charge on any atom is 0.251 e. The summed E-state index contributed by atoms with van der Waals surface area (Å²) in [5.74, 6) is -0.0104. The molecule has 2 N–H and O–H groups in total. The first kappa shape index (κ1) is 14.8. The van der Waals surface area contributed by atoms with Crippen molar-refractivity contribution in [1.82, 2.24) is 20.4 Å². The number of aromatic nitrogens is 2. The second-order valence-corrected chi connectivity index (χ2v) is 5.97. The van der Waals surface area contributed by atoms with Crippen molar-refractivity contribution in [3.63, 3.8) is 0 Å². The highest BCUT2D eigenvalue weighted by Crippen LogP contribution is 2.12. The van der Waals surface area contributed by atoms with Crippen molar-refractivity contribution in [2.45, 2.75) is 38.8 Å². The summed E-state index contributed by atoms with van der Waals surface area (Å²) < 4.78 is 1.81. The molecule has 1 saturated heterocycles. The lowest BCUT2D eigenvalue weighted by Crippen LogP contribution is -2.51. The fourth-order valence-electron chi connectivity index (χ4n) is 2.81. The van der Waals surface area contributed by atoms with E-state index in [0.717, 1.165) is 30.6 Å². The fraction of sp³-hybridized carbons (Fsp3) is 0.412. The second-order valence-electron chi connectivity index (χ2n) is 5.97. The van der Waals surface area contributed by atoms with Gasteiger partial charge in [-0.3, -0.25) is 4.79 Å². The summed E-state index contributed by atoms with van der Waals surface area (Å²) in [6, 6.07) is 8.07. The molecule has 5 nitrogen and oxygen atoms in total. The van der Waals surface area contributed by atoms with Gasteiger partial charge in [-0.1, -0.05) is 0 Å². The molecule has 0 saturated carbocycles. The van der Waals surface area contributed by atoms with Crippen molar-refractivity contribution in [2.24, 2.45) is 0 Å². The highest BCUT2D eigenvalue weighted by Gasteiger charge is 2.22. The predicted octanol–water partition coefficient (Wildman–Crippen LogP) is 2.05. The first-order chi connectivity index (χ1) is 10.6. The molecule has 1 aromatic carbocycles. The third kappa shape index (κ3) is 3.20. The molecule has 0 bridgehead atoms. The number of amides is 1. The highest BCUT2D eigenvalue weighted by atomic mass is 16.1. The molecule has 2 aromatic rings. The number of carbonyl (C=O) groups is 1. The maximum absolute atomic E-state index is 12.3. The van der Waals surface area contributed by atoms with Gasteiger partial charge in [0.25, 0.3) is 5.91 Å². The topological polar surface area (TPSA) is 59.0 Å². The Morgan fingerprint density at radius 2 is 2.14 bits per heavy atom. The van der Waals surface area contributed by atoms with Gasteiger partial charge in [-0.05, 0) is 63.1 Å². The Morgan fingerprint density at radius 1 is 1.36 bits per heavy atom. The molecule has 0 radical (unpaired) electrons. The summed E-state index contributed by atoms with van der Waals surface area (Å²) in [6.45, 7) is 5.16. The monoisotopic (exact) mass is 298 g/mol. The number of nitrogens with zero attached hydrogens (tertiary/aromatic N) is 2. The van der Waals surface area contributed by atoms with Crippen molar-refractivity contribution >= 4 is 5.91 Å². The largest absolute Gasteiger partial charge is 0.348 e. The molecule has 116 valence electrons. The number of aryl methyl sites for hydroxylation is 1. The molecular weight excluding hydrogens is 276 g/mol. The first-order valence-electron chi connectivity index (χ1n) is 7.79. The van der Waals surface area contributed by atoms with Crippen LogP contribution in [-0.4, -0.2) is 34.3 Å². The molecule has 2 atom stereocenters. The summed E-state index contributed by atoms with van der Waals surface area (Å²) in [7, 11) is 0. The van der Waals surface area contributed by atoms with Crippen molar-refractivity contribution in [1.29, 1.82) is 0 Å². The van der Waals surface area contributed by atoms with E-state index >= 15 is 0 Å². The first-order valence-corrected chi connectivity index (χ1v) is 7.79. The van der Waals surface area contributed by atoms with E-state index < -0.39 is 0 Å². The number of carbonyl (C=O) groups excluding carboxylic acids is 1. The van der Waals surface area contributed by atoms with Crippen LogP contribution < -0.4 is 10.6 Å². The van der Waals surface area contributed by atoms with Gasteiger partial charge in [-0.2, -0.15) is 5.10 Å². The molecule has 0 spiro atoms. The quantitative estimate of drug-likeness (QED) is 0.912. The van der Waals surface area contributed by atoms with Crippen LogP contribution in [0.15, 0.2) is 36.7 Å². The molecule has 1 amide bonds. The lowest BCUT2D eigenvalue weighted by molar-refractivity contribution is 0.0920. The van der Waals surface area contributed by atoms with Gasteiger partial charge in [0.1, 0.15) is 0 Å². The van der Waals surface area contributed by atoms with Crippen LogP contribution in [0.1, 0.15) is 35.7 Å². The van der Waals surface area contributed by atoms with Gasteiger partial charge in [0, 0.05) is 23.8 Å². The molecule has 0 aliphatic carbocycles. The molecule has 1 aliphatic rings. The van der Waals surface area contributed by atoms with E-state index in [4.69, 9.17) is 0 Å². The standard InChI is InChI=1S/C17H22N4O/c1-12-10-19-21(11-12)15-7-5-14(6-8-15)17(22)20-16-4-3-9-18-13(16)2/h5-8,10-11,13,16,18H,3-4,9H2,1-2H3,(H,20,22). The van der Waals surface area contributed by atoms with Gasteiger partial charge in [0.15, 0.2) is 0 Å². The average Bonchev–Trinajstić information content (AvgIpc) is 2.96. The van der Waals surface area contributed by atoms with E-state index in [9.17, 15) is 4.79 Å². The van der Waals surface area contributed by atoms with E-state index in [1.165, 1.54) is 0 Å². The van der Waals surface area contributed by atoms with E-state index in [2.05, 4.69) is 22.7 Å². The van der Waals surface area contributed by atoms with E-state index in [1.807, 2.05) is 48.3 Å². The van der Waals surface area contributed by atoms with Crippen LogP contribution in [-0.2, 0) is 0 Å². The van der Waals surface area contributed by atoms with Crippen LogP contribution in [0.4, 0.5) is 0 Å². The van der Waals surface area contributed by atoms with Crippen LogP contribution in [0, 0.1) is 6.92 Å². The van der Waals surface area contributed by atoms with E-state index in [1.54, 1.807) is 0 Å². The summed E-state index contributed by atoms with van der Waals surface area (Å²) >= 11 is 0. The molecule has 2 heterocycles. The van der Waals surface area contributed by atoms with Gasteiger partial charge < -0.3 is 10.6 Å². The summed E-state index contributed by atoms with van der Waals surface area (Å²) in [5.41, 5.74) is 2.75. The summed E-state index contributed by atoms with van der Waals surface area (Å²) in [4.78, 5) is 12.3. The highest BCUT2D eigenvalue weighted by molar-refractivity contribution is 5.94. The van der Waals surface area contributed by atoms with Crippen LogP contribution in [0.3, 0.4) is 0 Å². The average molecular weight is 298 g/mol. The number of hydrogen-bond acceptors (Lipinski definition) is 3. The number of benzene rings is 1. The maximum atomic E-state index is 12.3. The molecular formula is C17H22N4O. The van der Waals surface area contributed by atoms with Gasteiger partial charge >= 0.3 is 0 Å². The van der Waals surface area contributed by atoms with Crippen LogP contribution >= 0.6 is 0 Å². The Labute approximate surface area is 130 Å². The number of hydrogen-bond donors (Lipinski definition) is 2. The molecule has 1 aromatic heterocycles. The van der Waals surface area contributed by atoms with E-state index in [0.29, 0.717) is 11.6 Å². The van der Waals surface area contributed by atoms with Crippen LogP contribution in [0.5, 0.6) is 0 Å². The molecule has 5 heteroatoms. The van der Waals surface area contributed by atoms with Gasteiger partial charge in [0.05, 0.1) is 11.9 Å². The molecule has 1 aliphatic heterocycles.